The molecule has 5 nitrogen and oxygen atoms in total. The van der Waals surface area contributed by atoms with Crippen molar-refractivity contribution in [3.05, 3.63) is 167 Å². The van der Waals surface area contributed by atoms with Gasteiger partial charge < -0.3 is 23.8 Å². The first-order valence-corrected chi connectivity index (χ1v) is 17.3. The van der Waals surface area contributed by atoms with Gasteiger partial charge in [0.05, 0.1) is 26.4 Å². The molecule has 0 fully saturated rings. The molecule has 0 bridgehead atoms. The summed E-state index contributed by atoms with van der Waals surface area (Å²) in [5, 5.41) is 0. The molecule has 5 aromatic carbocycles. The third-order valence-corrected chi connectivity index (χ3v) is 8.25. The third-order valence-electron chi connectivity index (χ3n) is 8.25. The fourth-order valence-corrected chi connectivity index (χ4v) is 5.67. The van der Waals surface area contributed by atoms with E-state index in [-0.39, 0.29) is 24.4 Å². The van der Waals surface area contributed by atoms with Gasteiger partial charge in [-0.2, -0.15) is 0 Å². The van der Waals surface area contributed by atoms with Crippen LogP contribution in [0, 0.1) is 0 Å². The number of anilines is 2. The van der Waals surface area contributed by atoms with E-state index in [4.69, 9.17) is 18.9 Å². The quantitative estimate of drug-likeness (QED) is 0.105. The second-order valence-corrected chi connectivity index (χ2v) is 12.7. The van der Waals surface area contributed by atoms with Crippen LogP contribution in [0.1, 0.15) is 67.7 Å². The molecule has 0 aliphatic rings. The molecule has 0 heterocycles. The smallest absolute Gasteiger partial charge is 0.118 e. The SMILES string of the molecule is COc1ccc(C(C=Cc2ccc(N(Cc3ccccc3)c3ccc(C=CC(OC(C)C)c4ccc(OC)cc4)cc3)cc2)OC(C)C)cc1. The number of methoxy groups -OCH3 is 2. The average Bonchev–Trinajstić information content (AvgIpc) is 3.15. The Kier molecular flexibility index (Phi) is 13.1. The van der Waals surface area contributed by atoms with Crippen LogP contribution in [-0.2, 0) is 16.0 Å². The van der Waals surface area contributed by atoms with Crippen LogP contribution < -0.4 is 14.4 Å². The molecule has 0 spiro atoms. The van der Waals surface area contributed by atoms with E-state index in [0.29, 0.717) is 0 Å². The minimum atomic E-state index is -0.161. The molecule has 258 valence electrons. The lowest BCUT2D eigenvalue weighted by Crippen LogP contribution is -2.16. The molecule has 0 aliphatic carbocycles. The number of ether oxygens (including phenoxy) is 4. The van der Waals surface area contributed by atoms with Crippen LogP contribution in [-0.4, -0.2) is 26.4 Å². The Morgan fingerprint density at radius 3 is 1.26 bits per heavy atom. The van der Waals surface area contributed by atoms with Gasteiger partial charge in [0, 0.05) is 17.9 Å². The van der Waals surface area contributed by atoms with Crippen molar-refractivity contribution < 1.29 is 18.9 Å². The molecule has 2 atom stereocenters. The van der Waals surface area contributed by atoms with Crippen molar-refractivity contribution in [2.24, 2.45) is 0 Å². The maximum Gasteiger partial charge on any atom is 0.118 e. The van der Waals surface area contributed by atoms with Crippen LogP contribution in [0.15, 0.2) is 140 Å². The van der Waals surface area contributed by atoms with E-state index in [9.17, 15) is 0 Å². The molecular weight excluding hydrogens is 618 g/mol. The summed E-state index contributed by atoms with van der Waals surface area (Å²) in [6.45, 7) is 8.98. The number of nitrogens with zero attached hydrogens (tertiary/aromatic N) is 1. The number of benzene rings is 5. The Morgan fingerprint density at radius 1 is 0.500 bits per heavy atom. The van der Waals surface area contributed by atoms with Crippen LogP contribution in [0.3, 0.4) is 0 Å². The van der Waals surface area contributed by atoms with Crippen LogP contribution in [0.4, 0.5) is 11.4 Å². The van der Waals surface area contributed by atoms with E-state index in [2.05, 4.69) is 160 Å². The van der Waals surface area contributed by atoms with Crippen LogP contribution in [0.25, 0.3) is 12.2 Å². The molecule has 5 rings (SSSR count). The average molecular weight is 668 g/mol. The molecule has 0 saturated heterocycles. The molecule has 5 aromatic rings. The van der Waals surface area contributed by atoms with E-state index in [1.54, 1.807) is 14.2 Å². The van der Waals surface area contributed by atoms with E-state index in [1.807, 2.05) is 24.3 Å². The standard InChI is InChI=1S/C45H49NO4/c1-33(2)49-44(38-18-26-42(47-5)27-19-38)30-16-35-12-22-40(23-13-35)46(32-37-10-8-7-9-11-37)41-24-14-36(15-25-41)17-31-45(50-34(3)4)39-20-28-43(48-6)29-21-39/h7-31,33-34,44-45H,32H2,1-6H3. The van der Waals surface area contributed by atoms with Gasteiger partial charge in [0.15, 0.2) is 0 Å². The molecule has 0 saturated carbocycles. The lowest BCUT2D eigenvalue weighted by atomic mass is 10.1. The summed E-state index contributed by atoms with van der Waals surface area (Å²) in [4.78, 5) is 2.35. The second kappa shape index (κ2) is 18.1. The van der Waals surface area contributed by atoms with Gasteiger partial charge in [-0.05, 0) is 104 Å². The zero-order chi connectivity index (χ0) is 35.3. The summed E-state index contributed by atoms with van der Waals surface area (Å²) in [5.41, 5.74) is 7.85. The number of hydrogen-bond acceptors (Lipinski definition) is 5. The van der Waals surface area contributed by atoms with E-state index < -0.39 is 0 Å². The van der Waals surface area contributed by atoms with Crippen molar-refractivity contribution in [2.75, 3.05) is 19.1 Å². The lowest BCUT2D eigenvalue weighted by Gasteiger charge is -2.26. The largest absolute Gasteiger partial charge is 0.497 e. The maximum absolute atomic E-state index is 6.25. The molecule has 0 radical (unpaired) electrons. The Bertz CT molecular complexity index is 1660. The highest BCUT2D eigenvalue weighted by Gasteiger charge is 2.14. The highest BCUT2D eigenvalue weighted by Crippen LogP contribution is 2.31. The second-order valence-electron chi connectivity index (χ2n) is 12.7. The lowest BCUT2D eigenvalue weighted by molar-refractivity contribution is 0.0350. The van der Waals surface area contributed by atoms with Crippen molar-refractivity contribution in [3.8, 4) is 11.5 Å². The Morgan fingerprint density at radius 2 is 0.900 bits per heavy atom. The molecule has 0 N–H and O–H groups in total. The molecule has 2 unspecified atom stereocenters. The van der Waals surface area contributed by atoms with Gasteiger partial charge in [0.1, 0.15) is 23.7 Å². The van der Waals surface area contributed by atoms with Gasteiger partial charge in [0.2, 0.25) is 0 Å². The molecule has 0 aromatic heterocycles. The molecule has 5 heteroatoms. The first kappa shape index (κ1) is 36.2. The van der Waals surface area contributed by atoms with Crippen molar-refractivity contribution >= 4 is 23.5 Å². The predicted octanol–water partition coefficient (Wildman–Crippen LogP) is 11.4. The van der Waals surface area contributed by atoms with Gasteiger partial charge in [-0.3, -0.25) is 0 Å². The summed E-state index contributed by atoms with van der Waals surface area (Å²) < 4.78 is 23.2. The van der Waals surface area contributed by atoms with Crippen molar-refractivity contribution in [2.45, 2.75) is 58.7 Å². The van der Waals surface area contributed by atoms with E-state index >= 15 is 0 Å². The van der Waals surface area contributed by atoms with Crippen molar-refractivity contribution in [1.29, 1.82) is 0 Å². The Hall–Kier alpha value is -5.10. The fourth-order valence-electron chi connectivity index (χ4n) is 5.67. The highest BCUT2D eigenvalue weighted by atomic mass is 16.5. The topological polar surface area (TPSA) is 40.2 Å². The Balaban J connectivity index is 1.36. The van der Waals surface area contributed by atoms with Crippen molar-refractivity contribution in [3.63, 3.8) is 0 Å². The fraction of sp³-hybridized carbons (Fsp3) is 0.244. The van der Waals surface area contributed by atoms with Crippen LogP contribution in [0.2, 0.25) is 0 Å². The molecule has 0 aliphatic heterocycles. The minimum Gasteiger partial charge on any atom is -0.497 e. The summed E-state index contributed by atoms with van der Waals surface area (Å²) in [5.74, 6) is 1.66. The van der Waals surface area contributed by atoms with E-state index in [0.717, 1.165) is 51.7 Å². The van der Waals surface area contributed by atoms with Crippen LogP contribution >= 0.6 is 0 Å². The van der Waals surface area contributed by atoms with Gasteiger partial charge in [0.25, 0.3) is 0 Å². The van der Waals surface area contributed by atoms with Gasteiger partial charge in [-0.25, -0.2) is 0 Å². The van der Waals surface area contributed by atoms with Crippen molar-refractivity contribution in [1.82, 2.24) is 0 Å². The summed E-state index contributed by atoms with van der Waals surface area (Å²) in [6.07, 6.45) is 8.36. The summed E-state index contributed by atoms with van der Waals surface area (Å²) in [7, 11) is 3.36. The molecular formula is C45H49NO4. The highest BCUT2D eigenvalue weighted by molar-refractivity contribution is 5.67. The normalized spacial score (nSPS) is 12.9. The van der Waals surface area contributed by atoms with Gasteiger partial charge >= 0.3 is 0 Å². The minimum absolute atomic E-state index is 0.0887. The van der Waals surface area contributed by atoms with Gasteiger partial charge in [-0.1, -0.05) is 103 Å². The predicted molar refractivity (Wildman–Crippen MR) is 207 cm³/mol. The zero-order valence-electron chi connectivity index (χ0n) is 30.0. The Labute approximate surface area is 298 Å². The summed E-state index contributed by atoms with van der Waals surface area (Å²) >= 11 is 0. The number of hydrogen-bond donors (Lipinski definition) is 0. The van der Waals surface area contributed by atoms with Crippen LogP contribution in [0.5, 0.6) is 11.5 Å². The first-order chi connectivity index (χ1) is 24.3. The monoisotopic (exact) mass is 667 g/mol. The molecule has 50 heavy (non-hydrogen) atoms. The maximum atomic E-state index is 6.25. The first-order valence-electron chi connectivity index (χ1n) is 17.3. The zero-order valence-corrected chi connectivity index (χ0v) is 30.0. The number of rotatable bonds is 16. The third kappa shape index (κ3) is 10.4. The van der Waals surface area contributed by atoms with Gasteiger partial charge in [-0.15, -0.1) is 0 Å². The molecule has 0 amide bonds. The van der Waals surface area contributed by atoms with E-state index in [1.165, 1.54) is 5.56 Å². The summed E-state index contributed by atoms with van der Waals surface area (Å²) in [6, 6.07) is 44.1.